The van der Waals surface area contributed by atoms with Gasteiger partial charge in [-0.2, -0.15) is 0 Å². The van der Waals surface area contributed by atoms with Gasteiger partial charge < -0.3 is 9.55 Å². The number of pyridine rings is 1. The third-order valence-corrected chi connectivity index (χ3v) is 2.88. The summed E-state index contributed by atoms with van der Waals surface area (Å²) < 4.78 is 1.87. The molecule has 0 spiro atoms. The SMILES string of the molecule is Cn1ccc2c(-c3c[nH]c(=O)[nH]c3=O)ccnc21. The maximum Gasteiger partial charge on any atom is 0.325 e. The molecule has 3 heterocycles. The fourth-order valence-electron chi connectivity index (χ4n) is 2.01. The Hall–Kier alpha value is -2.63. The Morgan fingerprint density at radius 2 is 2.06 bits per heavy atom. The van der Waals surface area contributed by atoms with Crippen LogP contribution in [0.2, 0.25) is 0 Å². The highest BCUT2D eigenvalue weighted by molar-refractivity contribution is 5.92. The van der Waals surface area contributed by atoms with Gasteiger partial charge in [0.1, 0.15) is 5.65 Å². The van der Waals surface area contributed by atoms with E-state index < -0.39 is 11.2 Å². The van der Waals surface area contributed by atoms with E-state index in [1.54, 1.807) is 12.3 Å². The standard InChI is InChI=1S/C12H10N4O2/c1-16-5-3-8-7(2-4-13-10(8)16)9-6-14-12(18)15-11(9)17/h2-6H,1H3,(H2,14,15,17,18). The minimum atomic E-state index is -0.512. The molecule has 18 heavy (non-hydrogen) atoms. The first-order chi connectivity index (χ1) is 8.66. The summed E-state index contributed by atoms with van der Waals surface area (Å²) in [4.78, 5) is 31.7. The van der Waals surface area contributed by atoms with E-state index in [9.17, 15) is 9.59 Å². The molecule has 0 saturated heterocycles. The molecule has 0 aromatic carbocycles. The molecule has 0 aliphatic heterocycles. The average Bonchev–Trinajstić information content (AvgIpc) is 2.72. The van der Waals surface area contributed by atoms with Crippen LogP contribution in [0, 0.1) is 0 Å². The van der Waals surface area contributed by atoms with Crippen LogP contribution in [0.15, 0.2) is 40.3 Å². The Kier molecular flexibility index (Phi) is 2.16. The zero-order valence-corrected chi connectivity index (χ0v) is 9.60. The maximum absolute atomic E-state index is 11.8. The predicted octanol–water partition coefficient (Wildman–Crippen LogP) is 0.617. The molecule has 6 heteroatoms. The van der Waals surface area contributed by atoms with Gasteiger partial charge in [0.25, 0.3) is 5.56 Å². The van der Waals surface area contributed by atoms with E-state index in [0.717, 1.165) is 16.6 Å². The lowest BCUT2D eigenvalue weighted by atomic mass is 10.1. The molecular formula is C12H10N4O2. The lowest BCUT2D eigenvalue weighted by Gasteiger charge is -2.02. The largest absolute Gasteiger partial charge is 0.336 e. The van der Waals surface area contributed by atoms with Gasteiger partial charge in [0.2, 0.25) is 0 Å². The number of rotatable bonds is 1. The molecule has 0 atom stereocenters. The molecule has 3 aromatic rings. The second kappa shape index (κ2) is 3.69. The van der Waals surface area contributed by atoms with Crippen LogP contribution >= 0.6 is 0 Å². The van der Waals surface area contributed by atoms with Gasteiger partial charge in [-0.05, 0) is 12.1 Å². The van der Waals surface area contributed by atoms with Crippen LogP contribution in [0.3, 0.4) is 0 Å². The number of nitrogens with one attached hydrogen (secondary N) is 2. The van der Waals surface area contributed by atoms with Gasteiger partial charge in [0.05, 0.1) is 5.56 Å². The average molecular weight is 242 g/mol. The quantitative estimate of drug-likeness (QED) is 0.656. The molecule has 0 radical (unpaired) electrons. The molecule has 0 bridgehead atoms. The van der Waals surface area contributed by atoms with E-state index in [2.05, 4.69) is 15.0 Å². The number of hydrogen-bond donors (Lipinski definition) is 2. The fraction of sp³-hybridized carbons (Fsp3) is 0.0833. The number of fused-ring (bicyclic) bond motifs is 1. The van der Waals surface area contributed by atoms with Gasteiger partial charge >= 0.3 is 5.69 Å². The third kappa shape index (κ3) is 1.46. The van der Waals surface area contributed by atoms with Crippen molar-refractivity contribution in [3.05, 3.63) is 51.6 Å². The molecule has 0 aliphatic rings. The predicted molar refractivity (Wildman–Crippen MR) is 67.4 cm³/mol. The van der Waals surface area contributed by atoms with Crippen molar-refractivity contribution in [2.24, 2.45) is 7.05 Å². The molecule has 0 aliphatic carbocycles. The van der Waals surface area contributed by atoms with Gasteiger partial charge in [-0.3, -0.25) is 9.78 Å². The van der Waals surface area contributed by atoms with Crippen LogP contribution in [0.1, 0.15) is 0 Å². The summed E-state index contributed by atoms with van der Waals surface area (Å²) in [6.07, 6.45) is 4.94. The number of nitrogens with zero attached hydrogens (tertiary/aromatic N) is 2. The first kappa shape index (κ1) is 10.5. The number of H-pyrrole nitrogens is 2. The molecule has 2 N–H and O–H groups in total. The second-order valence-corrected chi connectivity index (χ2v) is 4.01. The number of aryl methyl sites for hydroxylation is 1. The van der Waals surface area contributed by atoms with Crippen LogP contribution < -0.4 is 11.2 Å². The van der Waals surface area contributed by atoms with Crippen LogP contribution in [0.5, 0.6) is 0 Å². The molecule has 6 nitrogen and oxygen atoms in total. The van der Waals surface area contributed by atoms with E-state index in [1.165, 1.54) is 6.20 Å². The van der Waals surface area contributed by atoms with Crippen molar-refractivity contribution >= 4 is 11.0 Å². The molecule has 3 rings (SSSR count). The number of aromatic nitrogens is 4. The topological polar surface area (TPSA) is 83.5 Å². The normalized spacial score (nSPS) is 10.9. The summed E-state index contributed by atoms with van der Waals surface area (Å²) in [5, 5.41) is 0.873. The van der Waals surface area contributed by atoms with Gasteiger partial charge in [0.15, 0.2) is 0 Å². The zero-order chi connectivity index (χ0) is 12.7. The maximum atomic E-state index is 11.8. The van der Waals surface area contributed by atoms with Crippen molar-refractivity contribution < 1.29 is 0 Å². The highest BCUT2D eigenvalue weighted by Crippen LogP contribution is 2.24. The summed E-state index contributed by atoms with van der Waals surface area (Å²) in [6, 6.07) is 3.65. The molecule has 0 fully saturated rings. The molecule has 0 saturated carbocycles. The van der Waals surface area contributed by atoms with Crippen molar-refractivity contribution in [2.75, 3.05) is 0 Å². The number of aromatic amines is 2. The van der Waals surface area contributed by atoms with Crippen LogP contribution in [-0.4, -0.2) is 19.5 Å². The van der Waals surface area contributed by atoms with Gasteiger partial charge in [-0.25, -0.2) is 9.78 Å². The van der Waals surface area contributed by atoms with E-state index in [-0.39, 0.29) is 0 Å². The van der Waals surface area contributed by atoms with E-state index in [0.29, 0.717) is 5.56 Å². The molecule has 0 unspecified atom stereocenters. The van der Waals surface area contributed by atoms with Crippen molar-refractivity contribution in [1.29, 1.82) is 0 Å². The summed E-state index contributed by atoms with van der Waals surface area (Å²) in [7, 11) is 1.89. The second-order valence-electron chi connectivity index (χ2n) is 4.01. The van der Waals surface area contributed by atoms with E-state index in [1.807, 2.05) is 23.9 Å². The third-order valence-electron chi connectivity index (χ3n) is 2.88. The highest BCUT2D eigenvalue weighted by atomic mass is 16.2. The molecule has 90 valence electrons. The Morgan fingerprint density at radius 3 is 2.83 bits per heavy atom. The molecular weight excluding hydrogens is 232 g/mol. The van der Waals surface area contributed by atoms with Gasteiger partial charge in [0, 0.05) is 36.6 Å². The summed E-state index contributed by atoms with van der Waals surface area (Å²) in [5.41, 5.74) is 1.04. The number of hydrogen-bond acceptors (Lipinski definition) is 3. The summed E-state index contributed by atoms with van der Waals surface area (Å²) >= 11 is 0. The van der Waals surface area contributed by atoms with Crippen molar-refractivity contribution in [3.8, 4) is 11.1 Å². The minimum Gasteiger partial charge on any atom is -0.336 e. The summed E-state index contributed by atoms with van der Waals surface area (Å²) in [6.45, 7) is 0. The van der Waals surface area contributed by atoms with Crippen molar-refractivity contribution in [3.63, 3.8) is 0 Å². The minimum absolute atomic E-state index is 0.407. The van der Waals surface area contributed by atoms with Crippen LogP contribution in [0.4, 0.5) is 0 Å². The Bertz CT molecular complexity index is 841. The summed E-state index contributed by atoms with van der Waals surface area (Å²) in [5.74, 6) is 0. The van der Waals surface area contributed by atoms with E-state index >= 15 is 0 Å². The van der Waals surface area contributed by atoms with Gasteiger partial charge in [-0.15, -0.1) is 0 Å². The lowest BCUT2D eigenvalue weighted by molar-refractivity contribution is 0.948. The van der Waals surface area contributed by atoms with Gasteiger partial charge in [-0.1, -0.05) is 0 Å². The fourth-order valence-corrected chi connectivity index (χ4v) is 2.01. The monoisotopic (exact) mass is 242 g/mol. The van der Waals surface area contributed by atoms with Crippen molar-refractivity contribution in [2.45, 2.75) is 0 Å². The smallest absolute Gasteiger partial charge is 0.325 e. The first-order valence-electron chi connectivity index (χ1n) is 5.39. The molecule has 3 aromatic heterocycles. The Labute approximate surface area is 101 Å². The van der Waals surface area contributed by atoms with Crippen LogP contribution in [-0.2, 0) is 7.05 Å². The van der Waals surface area contributed by atoms with Crippen LogP contribution in [0.25, 0.3) is 22.2 Å². The lowest BCUT2D eigenvalue weighted by Crippen LogP contribution is -2.22. The highest BCUT2D eigenvalue weighted by Gasteiger charge is 2.10. The Morgan fingerprint density at radius 1 is 1.22 bits per heavy atom. The van der Waals surface area contributed by atoms with Crippen molar-refractivity contribution in [1.82, 2.24) is 19.5 Å². The Balaban J connectivity index is 2.38. The van der Waals surface area contributed by atoms with E-state index in [4.69, 9.17) is 0 Å². The first-order valence-corrected chi connectivity index (χ1v) is 5.39. The molecule has 0 amide bonds. The zero-order valence-electron chi connectivity index (χ0n) is 9.60.